The van der Waals surface area contributed by atoms with Crippen molar-refractivity contribution in [2.24, 2.45) is 132 Å². The lowest BCUT2D eigenvalue weighted by Crippen LogP contribution is -2.59. The van der Waals surface area contributed by atoms with Gasteiger partial charge in [-0.25, -0.2) is 4.79 Å². The monoisotopic (exact) mass is 1690 g/mol. The molecule has 0 aliphatic carbocycles. The number of hydrogen-bond donors (Lipinski definition) is 28. The van der Waals surface area contributed by atoms with Crippen LogP contribution in [0.25, 0.3) is 0 Å². The molecule has 2 heterocycles. The molecule has 2 saturated heterocycles. The van der Waals surface area contributed by atoms with Crippen molar-refractivity contribution in [3.63, 3.8) is 0 Å². The van der Waals surface area contributed by atoms with Crippen molar-refractivity contribution >= 4 is 130 Å². The van der Waals surface area contributed by atoms with Crippen LogP contribution in [0.2, 0.25) is 0 Å². The third-order valence-corrected chi connectivity index (χ3v) is 19.7. The van der Waals surface area contributed by atoms with Crippen molar-refractivity contribution < 1.29 is 57.5 Å². The maximum atomic E-state index is 14.8. The number of amides is 13. The zero-order valence-corrected chi connectivity index (χ0v) is 68.6. The van der Waals surface area contributed by atoms with E-state index in [-0.39, 0.29) is 265 Å². The number of unbranched alkanes of at least 4 members (excludes halogenated alkanes) is 2. The van der Waals surface area contributed by atoms with Gasteiger partial charge in [0.15, 0.2) is 41.7 Å². The molecule has 0 aromatic heterocycles. The Bertz CT molecular complexity index is 3460. The number of nitrogens with two attached hydrogens (primary N) is 16. The summed E-state index contributed by atoms with van der Waals surface area (Å²) in [5, 5.41) is 33.2. The van der Waals surface area contributed by atoms with E-state index in [9.17, 15) is 57.5 Å². The van der Waals surface area contributed by atoms with Crippen LogP contribution in [0.1, 0.15) is 174 Å². The van der Waals surface area contributed by atoms with Crippen LogP contribution in [0.15, 0.2) is 39.9 Å². The van der Waals surface area contributed by atoms with Gasteiger partial charge in [0.25, 0.3) is 0 Å². The second-order valence-electron chi connectivity index (χ2n) is 28.3. The number of nitrogens with one attached hydrogen (secondary N) is 12. The van der Waals surface area contributed by atoms with Gasteiger partial charge in [0.2, 0.25) is 65.0 Å². The molecule has 2 rings (SSSR count). The molecule has 44 N–H and O–H groups in total. The van der Waals surface area contributed by atoms with Crippen LogP contribution in [0.5, 0.6) is 0 Å². The molecule has 118 heavy (non-hydrogen) atoms. The van der Waals surface area contributed by atoms with E-state index in [2.05, 4.69) is 104 Å². The molecule has 0 aromatic carbocycles. The normalized spacial score (nSPS) is 16.2. The highest BCUT2D eigenvalue weighted by Crippen LogP contribution is 2.33. The van der Waals surface area contributed by atoms with Gasteiger partial charge in [0.1, 0.15) is 54.4 Å². The maximum Gasteiger partial charge on any atom is 0.315 e. The maximum absolute atomic E-state index is 14.8. The molecule has 0 aromatic rings. The number of aliphatic imine (C=N–C) groups is 8. The first-order valence-corrected chi connectivity index (χ1v) is 40.7. The second-order valence-corrected chi connectivity index (χ2v) is 29.6. The summed E-state index contributed by atoms with van der Waals surface area (Å²) in [5.74, 6) is -8.97. The number of urea groups is 1. The van der Waals surface area contributed by atoms with Crippen LogP contribution in [0, 0.1) is 0 Å². The lowest BCUT2D eigenvalue weighted by molar-refractivity contribution is -0.135. The van der Waals surface area contributed by atoms with Crippen molar-refractivity contribution in [2.75, 3.05) is 64.7 Å². The summed E-state index contributed by atoms with van der Waals surface area (Å²) >= 11 is 1.75. The Kier molecular flexibility index (Phi) is 50.3. The summed E-state index contributed by atoms with van der Waals surface area (Å²) in [7, 11) is 0. The molecule has 0 saturated carbocycles. The molecular weight excluding hydrogens is 1560 g/mol. The average Bonchev–Trinajstić information content (AvgIpc) is 1.65. The van der Waals surface area contributed by atoms with Crippen LogP contribution < -0.4 is 156 Å². The van der Waals surface area contributed by atoms with Crippen LogP contribution in [-0.2, 0) is 52.7 Å². The fraction of sp³-hybridized carbons (Fsp3) is 0.710. The zero-order chi connectivity index (χ0) is 88.1. The predicted octanol–water partition coefficient (Wildman–Crippen LogP) is -9.82. The first-order valence-electron chi connectivity index (χ1n) is 39.6. The average molecular weight is 1690 g/mol. The van der Waals surface area contributed by atoms with Gasteiger partial charge in [-0.15, -0.1) is 0 Å². The van der Waals surface area contributed by atoms with Gasteiger partial charge in [-0.1, -0.05) is 13.3 Å². The Morgan fingerprint density at radius 2 is 0.627 bits per heavy atom. The minimum absolute atomic E-state index is 0.00301. The number of carbonyl (C=O) groups is 12. The summed E-state index contributed by atoms with van der Waals surface area (Å²) in [6, 6.07) is -12.2. The van der Waals surface area contributed by atoms with E-state index in [1.807, 2.05) is 0 Å². The molecule has 49 heteroatoms. The highest BCUT2D eigenvalue weighted by atomic mass is 32.2. The minimum Gasteiger partial charge on any atom is -0.388 e. The number of rotatable bonds is 62. The molecule has 0 radical (unpaired) electrons. The van der Waals surface area contributed by atoms with Gasteiger partial charge in [-0.05, 0) is 148 Å². The molecule has 2 aliphatic heterocycles. The topological polar surface area (TPSA) is 864 Å². The molecule has 13 amide bonds. The fourth-order valence-corrected chi connectivity index (χ4v) is 13.8. The van der Waals surface area contributed by atoms with E-state index < -0.39 is 119 Å². The van der Waals surface area contributed by atoms with E-state index in [1.54, 1.807) is 25.6 Å². The Morgan fingerprint density at radius 1 is 0.347 bits per heavy atom. The lowest BCUT2D eigenvalue weighted by Gasteiger charge is -2.28. The fourth-order valence-electron chi connectivity index (χ4n) is 12.3. The molecule has 2 aliphatic rings. The molecule has 2 fully saturated rings. The SMILES string of the molecule is CCCC(=O)N[C@@H](CCCN=C(N)N)C(=O)N[C@@H](CCCN=C(N)N)C(=O)N[C@@H](CCCN=C(N)N)C(=O)N[C@@H](CCCN=C(N)N)C(=O)N[C@@H](CCCN=C(C)N)C(=O)N[C@@H](CCCN=C(N)N)C(=O)NCCCC[C@H](NC(=O)[C@H](CCCN=C(N)N)NC(=O)[C@H](CCCN=C(N)N)NC(=O)CCCC[C@@H]1SC[C@@H]2NC(=O)N[C@@H]21)C(N)=O. The smallest absolute Gasteiger partial charge is 0.315 e. The number of fused-ring (bicyclic) bond motifs is 1. The highest BCUT2D eigenvalue weighted by Gasteiger charge is 2.43. The van der Waals surface area contributed by atoms with E-state index in [0.29, 0.717) is 19.3 Å². The van der Waals surface area contributed by atoms with E-state index >= 15 is 0 Å². The highest BCUT2D eigenvalue weighted by molar-refractivity contribution is 8.00. The minimum atomic E-state index is -1.50. The molecular formula is C69H132N36O12S. The molecule has 0 spiro atoms. The first-order chi connectivity index (χ1) is 56.0. The van der Waals surface area contributed by atoms with Crippen LogP contribution in [-0.4, -0.2) is 255 Å². The third kappa shape index (κ3) is 46.0. The number of thioether (sulfide) groups is 1. The van der Waals surface area contributed by atoms with Crippen molar-refractivity contribution in [1.82, 2.24) is 63.8 Å². The van der Waals surface area contributed by atoms with Gasteiger partial charge in [-0.3, -0.25) is 92.7 Å². The predicted molar refractivity (Wildman–Crippen MR) is 453 cm³/mol. The van der Waals surface area contributed by atoms with Gasteiger partial charge in [0, 0.05) is 82.7 Å². The Labute approximate surface area is 691 Å². The van der Waals surface area contributed by atoms with Crippen molar-refractivity contribution in [3.8, 4) is 0 Å². The van der Waals surface area contributed by atoms with Crippen LogP contribution in [0.3, 0.4) is 0 Å². The lowest BCUT2D eigenvalue weighted by atomic mass is 10.0. The molecule has 12 atom stereocenters. The molecule has 0 unspecified atom stereocenters. The van der Waals surface area contributed by atoms with Crippen LogP contribution >= 0.6 is 11.8 Å². The summed E-state index contributed by atoms with van der Waals surface area (Å²) in [4.78, 5) is 199. The Hall–Kier alpha value is -11.8. The van der Waals surface area contributed by atoms with Crippen LogP contribution in [0.4, 0.5) is 4.79 Å². The zero-order valence-electron chi connectivity index (χ0n) is 67.8. The number of carbonyl (C=O) groups excluding carboxylic acids is 12. The second kappa shape index (κ2) is 58.1. The molecule has 666 valence electrons. The van der Waals surface area contributed by atoms with E-state index in [4.69, 9.17) is 91.7 Å². The van der Waals surface area contributed by atoms with Crippen molar-refractivity contribution in [2.45, 2.75) is 246 Å². The quantitative estimate of drug-likeness (QED) is 0.0116. The Balaban J connectivity index is 2.49. The third-order valence-electron chi connectivity index (χ3n) is 18.2. The number of hydrogen-bond acceptors (Lipinski definition) is 21. The summed E-state index contributed by atoms with van der Waals surface area (Å²) in [6.07, 6.45) is 3.49. The van der Waals surface area contributed by atoms with E-state index in [0.717, 1.165) is 12.2 Å². The largest absolute Gasteiger partial charge is 0.388 e. The van der Waals surface area contributed by atoms with Gasteiger partial charge in [-0.2, -0.15) is 11.8 Å². The summed E-state index contributed by atoms with van der Waals surface area (Å²) < 4.78 is 0. The summed E-state index contributed by atoms with van der Waals surface area (Å²) in [6.45, 7) is 3.61. The number of primary amides is 1. The van der Waals surface area contributed by atoms with E-state index in [1.165, 1.54) is 0 Å². The molecule has 0 bridgehead atoms. The van der Waals surface area contributed by atoms with Gasteiger partial charge >= 0.3 is 6.03 Å². The van der Waals surface area contributed by atoms with Gasteiger partial charge in [0.05, 0.1) is 17.9 Å². The Morgan fingerprint density at radius 3 is 0.924 bits per heavy atom. The number of nitrogens with zero attached hydrogens (tertiary/aromatic N) is 8. The van der Waals surface area contributed by atoms with Crippen molar-refractivity contribution in [1.29, 1.82) is 0 Å². The first kappa shape index (κ1) is 102. The summed E-state index contributed by atoms with van der Waals surface area (Å²) in [5.41, 5.74) is 89.8. The molecule has 48 nitrogen and oxygen atoms in total. The van der Waals surface area contributed by atoms with Gasteiger partial charge < -0.3 is 156 Å². The standard InChI is InChI=1S/C69H132N36O12S/c1-3-16-50(106)95-41(19-10-31-89-63(74)75)55(110)100-45(23-13-34-92-66(80)81)59(114)102-47(25-15-36-94-68(84)85)61(116)103-46(24-14-35-93-67(82)83)60(115)101-44(21-8-29-86-38(2)70)58(113)98-40(18-9-30-88-62(72)73)54(109)87-28-7-6-17-39(53(71)108)97-57(112)43(22-12-33-91-65(78)79)99-56(111)42(20-11-32-90-64(76)77)96-51(107)27-5-4-26-49-52-48(37-118-49)104-69(117)105-52/h39-49,52H,3-37H2,1-2H3,(H2,70,86)(H2,71,108)(H,87,109)(H,95,106)(H,96,107)(H,97,112)(H,98,113)(H,99,111)(H,100,110)(H,101,115)(H,102,114)(H,103,116)(H4,72,73,88)(H4,74,75,89)(H4,76,77,90)(H4,78,79,91)(H4,80,81,92)(H4,82,83,93)(H4,84,85,94)(H2,104,105,117)/t39-,40-,41-,42-,43-,44-,45-,46-,47-,48-,49-,52-/m0/s1. The number of guanidine groups is 7. The number of amidine groups is 1. The van der Waals surface area contributed by atoms with Crippen molar-refractivity contribution in [3.05, 3.63) is 0 Å².